The molecule has 3 aromatic heterocycles. The molecule has 5 rings (SSSR count). The lowest BCUT2D eigenvalue weighted by molar-refractivity contribution is -0.130. The second kappa shape index (κ2) is 9.13. The SMILES string of the molecule is Cc1cc(Br)ccc1-n1cc(C2(O)CCCN(C(=O)Cc3c[nH]c4cnc(Cl)cc34)CC2)nn1. The molecule has 1 fully saturated rings. The molecule has 0 aliphatic carbocycles. The summed E-state index contributed by atoms with van der Waals surface area (Å²) in [6.45, 7) is 3.04. The van der Waals surface area contributed by atoms with Gasteiger partial charge in [-0.2, -0.15) is 0 Å². The molecular weight excluding hydrogens is 520 g/mol. The van der Waals surface area contributed by atoms with Crippen LogP contribution < -0.4 is 0 Å². The van der Waals surface area contributed by atoms with E-state index in [4.69, 9.17) is 11.6 Å². The summed E-state index contributed by atoms with van der Waals surface area (Å²) in [5, 5.41) is 21.3. The predicted molar refractivity (Wildman–Crippen MR) is 133 cm³/mol. The number of pyridine rings is 1. The van der Waals surface area contributed by atoms with E-state index in [-0.39, 0.29) is 12.3 Å². The van der Waals surface area contributed by atoms with Crippen molar-refractivity contribution in [1.82, 2.24) is 29.9 Å². The zero-order valence-corrected chi connectivity index (χ0v) is 21.0. The Hall–Kier alpha value is -2.75. The first-order chi connectivity index (χ1) is 16.3. The number of aliphatic hydroxyl groups is 1. The average molecular weight is 544 g/mol. The summed E-state index contributed by atoms with van der Waals surface area (Å²) in [5.41, 5.74) is 3.09. The second-order valence-electron chi connectivity index (χ2n) is 8.79. The topological polar surface area (TPSA) is 99.9 Å². The standard InChI is InChI=1S/C24H24BrClN6O2/c1-15-9-17(25)3-4-20(15)32-14-21(29-30-32)24(34)5-2-7-31(8-6-24)23(33)10-16-12-27-19-13-28-22(26)11-18(16)19/h3-4,9,11-14,27,34H,2,5-8,10H2,1H3. The highest BCUT2D eigenvalue weighted by Crippen LogP contribution is 2.32. The lowest BCUT2D eigenvalue weighted by Crippen LogP contribution is -2.34. The number of nitrogens with one attached hydrogen (secondary N) is 1. The molecule has 1 aliphatic heterocycles. The number of benzene rings is 1. The van der Waals surface area contributed by atoms with Crippen LogP contribution in [0.1, 0.15) is 36.1 Å². The van der Waals surface area contributed by atoms with Crippen LogP contribution in [0.15, 0.2) is 47.3 Å². The normalized spacial score (nSPS) is 18.9. The van der Waals surface area contributed by atoms with Crippen molar-refractivity contribution in [3.8, 4) is 5.69 Å². The van der Waals surface area contributed by atoms with Gasteiger partial charge in [0.2, 0.25) is 5.91 Å². The Labute approximate surface area is 210 Å². The Morgan fingerprint density at radius 3 is 2.97 bits per heavy atom. The van der Waals surface area contributed by atoms with Crippen molar-refractivity contribution in [3.05, 3.63) is 69.3 Å². The number of hydrogen-bond donors (Lipinski definition) is 2. The van der Waals surface area contributed by atoms with Crippen LogP contribution in [-0.4, -0.2) is 54.0 Å². The van der Waals surface area contributed by atoms with Crippen molar-refractivity contribution >= 4 is 44.3 Å². The molecule has 0 saturated carbocycles. The molecule has 4 aromatic rings. The Balaban J connectivity index is 1.29. The fourth-order valence-corrected chi connectivity index (χ4v) is 5.20. The highest BCUT2D eigenvalue weighted by Gasteiger charge is 2.36. The molecule has 10 heteroatoms. The molecule has 4 heterocycles. The Morgan fingerprint density at radius 1 is 1.29 bits per heavy atom. The number of rotatable bonds is 4. The third-order valence-electron chi connectivity index (χ3n) is 6.50. The average Bonchev–Trinajstić information content (AvgIpc) is 3.39. The van der Waals surface area contributed by atoms with E-state index < -0.39 is 5.60 Å². The van der Waals surface area contributed by atoms with E-state index in [1.165, 1.54) is 0 Å². The molecule has 1 saturated heterocycles. The summed E-state index contributed by atoms with van der Waals surface area (Å²) >= 11 is 9.51. The van der Waals surface area contributed by atoms with Crippen LogP contribution in [-0.2, 0) is 16.8 Å². The van der Waals surface area contributed by atoms with Crippen molar-refractivity contribution in [1.29, 1.82) is 0 Å². The van der Waals surface area contributed by atoms with Gasteiger partial charge < -0.3 is 15.0 Å². The van der Waals surface area contributed by atoms with Gasteiger partial charge in [0, 0.05) is 29.1 Å². The quantitative estimate of drug-likeness (QED) is 0.374. The smallest absolute Gasteiger partial charge is 0.227 e. The Morgan fingerprint density at radius 2 is 2.15 bits per heavy atom. The number of aryl methyl sites for hydroxylation is 1. The molecule has 0 radical (unpaired) electrons. The van der Waals surface area contributed by atoms with E-state index in [9.17, 15) is 9.90 Å². The fourth-order valence-electron chi connectivity index (χ4n) is 4.57. The third-order valence-corrected chi connectivity index (χ3v) is 7.20. The number of carbonyl (C=O) groups excluding carboxylic acids is 1. The Kier molecular flexibility index (Phi) is 6.18. The third kappa shape index (κ3) is 4.47. The van der Waals surface area contributed by atoms with Gasteiger partial charge in [-0.15, -0.1) is 5.10 Å². The largest absolute Gasteiger partial charge is 0.383 e. The minimum absolute atomic E-state index is 0.0206. The van der Waals surface area contributed by atoms with Gasteiger partial charge in [-0.1, -0.05) is 32.7 Å². The van der Waals surface area contributed by atoms with Crippen molar-refractivity contribution in [2.75, 3.05) is 13.1 Å². The summed E-state index contributed by atoms with van der Waals surface area (Å²) in [7, 11) is 0. The predicted octanol–water partition coefficient (Wildman–Crippen LogP) is 4.31. The Bertz CT molecular complexity index is 1370. The fraction of sp³-hybridized carbons (Fsp3) is 0.333. The molecule has 1 aromatic carbocycles. The maximum Gasteiger partial charge on any atom is 0.227 e. The van der Waals surface area contributed by atoms with Gasteiger partial charge in [0.05, 0.1) is 30.0 Å². The first kappa shape index (κ1) is 23.0. The number of fused-ring (bicyclic) bond motifs is 1. The maximum atomic E-state index is 13.1. The molecule has 0 bridgehead atoms. The van der Waals surface area contributed by atoms with Crippen molar-refractivity contribution < 1.29 is 9.90 Å². The number of carbonyl (C=O) groups is 1. The number of H-pyrrole nitrogens is 1. The van der Waals surface area contributed by atoms with Crippen LogP contribution in [0.2, 0.25) is 5.15 Å². The van der Waals surface area contributed by atoms with Gasteiger partial charge in [-0.3, -0.25) is 4.79 Å². The summed E-state index contributed by atoms with van der Waals surface area (Å²) in [4.78, 5) is 22.1. The monoisotopic (exact) mass is 542 g/mol. The molecule has 1 amide bonds. The van der Waals surface area contributed by atoms with Crippen LogP contribution in [0, 0.1) is 6.92 Å². The van der Waals surface area contributed by atoms with Gasteiger partial charge in [0.15, 0.2) is 0 Å². The van der Waals surface area contributed by atoms with E-state index in [1.54, 1.807) is 23.1 Å². The summed E-state index contributed by atoms with van der Waals surface area (Å²) in [6.07, 6.45) is 7.15. The van der Waals surface area contributed by atoms with Gasteiger partial charge in [-0.25, -0.2) is 9.67 Å². The molecule has 0 spiro atoms. The molecule has 8 nitrogen and oxygen atoms in total. The van der Waals surface area contributed by atoms with Gasteiger partial charge >= 0.3 is 0 Å². The molecule has 176 valence electrons. The highest BCUT2D eigenvalue weighted by molar-refractivity contribution is 9.10. The lowest BCUT2D eigenvalue weighted by Gasteiger charge is -2.24. The summed E-state index contributed by atoms with van der Waals surface area (Å²) in [6, 6.07) is 7.70. The number of amides is 1. The number of aromatic amines is 1. The van der Waals surface area contributed by atoms with Crippen LogP contribution in [0.5, 0.6) is 0 Å². The van der Waals surface area contributed by atoms with E-state index >= 15 is 0 Å². The molecule has 1 unspecified atom stereocenters. The van der Waals surface area contributed by atoms with Crippen LogP contribution in [0.3, 0.4) is 0 Å². The molecule has 2 N–H and O–H groups in total. The first-order valence-corrected chi connectivity index (χ1v) is 12.3. The van der Waals surface area contributed by atoms with Crippen molar-refractivity contribution in [2.45, 2.75) is 38.2 Å². The number of halogens is 2. The summed E-state index contributed by atoms with van der Waals surface area (Å²) < 4.78 is 2.69. The van der Waals surface area contributed by atoms with E-state index in [2.05, 4.69) is 36.2 Å². The number of aromatic nitrogens is 5. The van der Waals surface area contributed by atoms with E-state index in [0.29, 0.717) is 43.2 Å². The minimum Gasteiger partial charge on any atom is -0.383 e. The molecule has 1 aliphatic rings. The zero-order valence-electron chi connectivity index (χ0n) is 18.6. The molecular formula is C24H24BrClN6O2. The van der Waals surface area contributed by atoms with Gasteiger partial charge in [-0.05, 0) is 61.6 Å². The van der Waals surface area contributed by atoms with Gasteiger partial charge in [0.25, 0.3) is 0 Å². The molecule has 1 atom stereocenters. The molecule has 34 heavy (non-hydrogen) atoms. The lowest BCUT2D eigenvalue weighted by atomic mass is 9.92. The van der Waals surface area contributed by atoms with E-state index in [0.717, 1.165) is 32.2 Å². The number of hydrogen-bond acceptors (Lipinski definition) is 5. The van der Waals surface area contributed by atoms with Crippen molar-refractivity contribution in [2.24, 2.45) is 0 Å². The summed E-state index contributed by atoms with van der Waals surface area (Å²) in [5.74, 6) is 0.0206. The van der Waals surface area contributed by atoms with Gasteiger partial charge in [0.1, 0.15) is 16.4 Å². The van der Waals surface area contributed by atoms with Crippen LogP contribution in [0.4, 0.5) is 0 Å². The number of likely N-dealkylation sites (tertiary alicyclic amines) is 1. The highest BCUT2D eigenvalue weighted by atomic mass is 79.9. The van der Waals surface area contributed by atoms with Crippen molar-refractivity contribution in [3.63, 3.8) is 0 Å². The van der Waals surface area contributed by atoms with Crippen LogP contribution >= 0.6 is 27.5 Å². The second-order valence-corrected chi connectivity index (χ2v) is 10.1. The minimum atomic E-state index is -1.13. The van der Waals surface area contributed by atoms with E-state index in [1.807, 2.05) is 36.2 Å². The maximum absolute atomic E-state index is 13.1. The first-order valence-electron chi connectivity index (χ1n) is 11.1. The van der Waals surface area contributed by atoms with Crippen LogP contribution in [0.25, 0.3) is 16.6 Å². The number of nitrogens with zero attached hydrogens (tertiary/aromatic N) is 5. The zero-order chi connectivity index (χ0) is 23.9.